The molecule has 3 N–H and O–H groups in total. The van der Waals surface area contributed by atoms with Crippen LogP contribution in [-0.2, 0) is 14.3 Å². The summed E-state index contributed by atoms with van der Waals surface area (Å²) >= 11 is 0. The summed E-state index contributed by atoms with van der Waals surface area (Å²) in [6.07, 6.45) is 89.8. The molecule has 0 aromatic heterocycles. The first kappa shape index (κ1) is 79.3. The lowest BCUT2D eigenvalue weighted by molar-refractivity contribution is -0.143. The molecule has 1 amide bonds. The molecule has 0 rings (SSSR count). The van der Waals surface area contributed by atoms with E-state index in [1.54, 1.807) is 6.08 Å². The van der Waals surface area contributed by atoms with Gasteiger partial charge in [-0.1, -0.05) is 372 Å². The third-order valence-corrected chi connectivity index (χ3v) is 17.5. The van der Waals surface area contributed by atoms with E-state index in [4.69, 9.17) is 4.74 Å². The lowest BCUT2D eigenvalue weighted by Crippen LogP contribution is -2.45. The summed E-state index contributed by atoms with van der Waals surface area (Å²) in [6, 6.07) is -0.634. The zero-order valence-corrected chi connectivity index (χ0v) is 55.0. The molecule has 0 aromatic carbocycles. The third-order valence-electron chi connectivity index (χ3n) is 17.5. The van der Waals surface area contributed by atoms with E-state index in [1.165, 1.54) is 347 Å². The first-order chi connectivity index (χ1) is 40.0. The molecule has 0 saturated carbocycles. The monoisotopic (exact) mass is 1140 g/mol. The average Bonchev–Trinajstić information content (AvgIpc) is 3.47. The summed E-state index contributed by atoms with van der Waals surface area (Å²) in [4.78, 5) is 24.6. The van der Waals surface area contributed by atoms with Crippen LogP contribution in [0.5, 0.6) is 0 Å². The zero-order valence-electron chi connectivity index (χ0n) is 55.0. The minimum Gasteiger partial charge on any atom is -0.466 e. The van der Waals surface area contributed by atoms with Crippen LogP contribution in [0.1, 0.15) is 418 Å². The molecule has 0 fully saturated rings. The Labute approximate surface area is 507 Å². The Bertz CT molecular complexity index is 1270. The number of esters is 1. The Kier molecular flexibility index (Phi) is 69.4. The van der Waals surface area contributed by atoms with Gasteiger partial charge in [-0.2, -0.15) is 0 Å². The Hall–Kier alpha value is -1.66. The van der Waals surface area contributed by atoms with Gasteiger partial charge in [-0.25, -0.2) is 0 Å². The molecule has 0 radical (unpaired) electrons. The summed E-state index contributed by atoms with van der Waals surface area (Å²) in [5, 5.41) is 23.3. The normalized spacial score (nSPS) is 12.6. The number of aliphatic hydroxyl groups excluding tert-OH is 2. The molecule has 0 aliphatic carbocycles. The second-order valence-corrected chi connectivity index (χ2v) is 25.6. The van der Waals surface area contributed by atoms with Crippen molar-refractivity contribution in [2.45, 2.75) is 431 Å². The summed E-state index contributed by atoms with van der Waals surface area (Å²) < 4.78 is 5.51. The van der Waals surface area contributed by atoms with E-state index in [0.717, 1.165) is 44.9 Å². The predicted octanol–water partition coefficient (Wildman–Crippen LogP) is 24.1. The van der Waals surface area contributed by atoms with Gasteiger partial charge in [-0.05, 0) is 57.8 Å². The summed E-state index contributed by atoms with van der Waals surface area (Å²) in [5.74, 6) is -0.0557. The molecule has 0 aromatic rings. The number of nitrogens with one attached hydrogen (secondary N) is 1. The van der Waals surface area contributed by atoms with E-state index in [1.807, 2.05) is 6.08 Å². The highest BCUT2D eigenvalue weighted by molar-refractivity contribution is 5.76. The van der Waals surface area contributed by atoms with E-state index in [2.05, 4.69) is 31.3 Å². The largest absolute Gasteiger partial charge is 0.466 e. The molecule has 0 heterocycles. The molecule has 0 saturated heterocycles. The van der Waals surface area contributed by atoms with Gasteiger partial charge >= 0.3 is 5.97 Å². The van der Waals surface area contributed by atoms with Gasteiger partial charge in [-0.15, -0.1) is 0 Å². The molecule has 6 nitrogen and oxygen atoms in total. The van der Waals surface area contributed by atoms with Crippen LogP contribution < -0.4 is 5.32 Å². The number of hydrogen-bond donors (Lipinski definition) is 3. The number of unbranched alkanes of at least 4 members (excludes halogenated alkanes) is 57. The first-order valence-electron chi connectivity index (χ1n) is 37.1. The molecule has 0 aliphatic rings. The van der Waals surface area contributed by atoms with Crippen molar-refractivity contribution in [2.24, 2.45) is 0 Å². The quantitative estimate of drug-likeness (QED) is 0.0320. The van der Waals surface area contributed by atoms with Crippen molar-refractivity contribution in [3.63, 3.8) is 0 Å². The van der Waals surface area contributed by atoms with Crippen LogP contribution >= 0.6 is 0 Å². The second-order valence-electron chi connectivity index (χ2n) is 25.6. The predicted molar refractivity (Wildman–Crippen MR) is 356 cm³/mol. The van der Waals surface area contributed by atoms with Crippen molar-refractivity contribution in [3.05, 3.63) is 24.3 Å². The summed E-state index contributed by atoms with van der Waals surface area (Å²) in [5.41, 5.74) is 0. The molecule has 81 heavy (non-hydrogen) atoms. The average molecular weight is 1140 g/mol. The smallest absolute Gasteiger partial charge is 0.305 e. The highest BCUT2D eigenvalue weighted by Crippen LogP contribution is 2.19. The van der Waals surface area contributed by atoms with Crippen LogP contribution in [0.3, 0.4) is 0 Å². The molecule has 0 aliphatic heterocycles. The van der Waals surface area contributed by atoms with E-state index in [0.29, 0.717) is 19.4 Å². The van der Waals surface area contributed by atoms with E-state index < -0.39 is 12.1 Å². The standard InChI is InChI=1S/C75H145NO5/c1-3-5-7-9-11-13-15-17-19-21-22-23-24-25-26-29-32-36-39-43-47-51-55-59-63-67-73(78)72(71-77)76-74(79)68-64-60-56-52-48-44-40-37-33-30-27-28-31-34-38-42-46-50-54-58-62-66-70-81-75(80)69-65-61-57-53-49-45-41-35-20-18-16-14-12-10-8-6-4-2/h30,33,63,67,72-73,77-78H,3-29,31-32,34-62,64-66,68-71H2,1-2H3,(H,76,79)/b33-30-,67-63+. The van der Waals surface area contributed by atoms with Crippen LogP contribution in [0.25, 0.3) is 0 Å². The van der Waals surface area contributed by atoms with Gasteiger partial charge in [0.05, 0.1) is 25.4 Å². The number of carbonyl (C=O) groups is 2. The summed E-state index contributed by atoms with van der Waals surface area (Å²) in [6.45, 7) is 4.95. The number of allylic oxidation sites excluding steroid dienone is 3. The Balaban J connectivity index is 3.42. The van der Waals surface area contributed by atoms with Crippen LogP contribution in [0, 0.1) is 0 Å². The van der Waals surface area contributed by atoms with E-state index in [9.17, 15) is 19.8 Å². The van der Waals surface area contributed by atoms with Gasteiger partial charge in [0.2, 0.25) is 5.91 Å². The maximum atomic E-state index is 12.5. The fourth-order valence-corrected chi connectivity index (χ4v) is 11.8. The van der Waals surface area contributed by atoms with Gasteiger partial charge in [-0.3, -0.25) is 9.59 Å². The molecule has 0 spiro atoms. The Morgan fingerprint density at radius 2 is 0.580 bits per heavy atom. The van der Waals surface area contributed by atoms with Crippen LogP contribution in [0.2, 0.25) is 0 Å². The number of aliphatic hydroxyl groups is 2. The van der Waals surface area contributed by atoms with Gasteiger partial charge in [0.1, 0.15) is 0 Å². The third kappa shape index (κ3) is 67.3. The zero-order chi connectivity index (χ0) is 58.5. The molecule has 0 bridgehead atoms. The SMILES string of the molecule is CCCCCCCCCCCCCCCCCCCCCCCCC/C=C/C(O)C(CO)NC(=O)CCCCCCCCC/C=C\CCCCCCCCCCCCCOC(=O)CCCCCCCCCCCCCCCCCCC. The Morgan fingerprint density at radius 1 is 0.333 bits per heavy atom. The van der Waals surface area contributed by atoms with Crippen LogP contribution in [0.15, 0.2) is 24.3 Å². The number of hydrogen-bond acceptors (Lipinski definition) is 5. The maximum Gasteiger partial charge on any atom is 0.305 e. The maximum absolute atomic E-state index is 12.5. The van der Waals surface area contributed by atoms with Crippen molar-refractivity contribution in [3.8, 4) is 0 Å². The Morgan fingerprint density at radius 3 is 0.877 bits per heavy atom. The molecule has 6 heteroatoms. The lowest BCUT2D eigenvalue weighted by atomic mass is 10.0. The van der Waals surface area contributed by atoms with Gasteiger partial charge in [0.25, 0.3) is 0 Å². The number of carbonyl (C=O) groups excluding carboxylic acids is 2. The minimum absolute atomic E-state index is 0.0144. The van der Waals surface area contributed by atoms with Gasteiger partial charge in [0, 0.05) is 12.8 Å². The fourth-order valence-electron chi connectivity index (χ4n) is 11.8. The number of amides is 1. The van der Waals surface area contributed by atoms with Crippen LogP contribution in [0.4, 0.5) is 0 Å². The van der Waals surface area contributed by atoms with Crippen molar-refractivity contribution in [2.75, 3.05) is 13.2 Å². The fraction of sp³-hybridized carbons (Fsp3) is 0.920. The molecular weight excluding hydrogens is 995 g/mol. The van der Waals surface area contributed by atoms with Gasteiger partial charge in [0.15, 0.2) is 0 Å². The molecule has 2 atom stereocenters. The molecule has 2 unspecified atom stereocenters. The van der Waals surface area contributed by atoms with Crippen LogP contribution in [-0.4, -0.2) is 47.4 Å². The van der Waals surface area contributed by atoms with Crippen molar-refractivity contribution in [1.82, 2.24) is 5.32 Å². The lowest BCUT2D eigenvalue weighted by Gasteiger charge is -2.20. The topological polar surface area (TPSA) is 95.9 Å². The highest BCUT2D eigenvalue weighted by Gasteiger charge is 2.18. The summed E-state index contributed by atoms with van der Waals surface area (Å²) in [7, 11) is 0. The first-order valence-corrected chi connectivity index (χ1v) is 37.1. The highest BCUT2D eigenvalue weighted by atomic mass is 16.5. The van der Waals surface area contributed by atoms with Crippen molar-refractivity contribution < 1.29 is 24.5 Å². The van der Waals surface area contributed by atoms with Gasteiger partial charge < -0.3 is 20.3 Å². The number of ether oxygens (including phenoxy) is 1. The van der Waals surface area contributed by atoms with E-state index in [-0.39, 0.29) is 18.5 Å². The molecular formula is C75H145NO5. The second kappa shape index (κ2) is 70.8. The minimum atomic E-state index is -0.850. The number of rotatable bonds is 70. The van der Waals surface area contributed by atoms with Crippen molar-refractivity contribution >= 4 is 11.9 Å². The molecule has 480 valence electrons. The van der Waals surface area contributed by atoms with Crippen molar-refractivity contribution in [1.29, 1.82) is 0 Å². The van der Waals surface area contributed by atoms with E-state index >= 15 is 0 Å².